The fourth-order valence-electron chi connectivity index (χ4n) is 3.19. The average Bonchev–Trinajstić information content (AvgIpc) is 2.59. The molecule has 0 aliphatic carbocycles. The second-order valence-electron chi connectivity index (χ2n) is 7.27. The van der Waals surface area contributed by atoms with E-state index in [1.165, 1.54) is 0 Å². The Morgan fingerprint density at radius 1 is 1.23 bits per heavy atom. The Labute approximate surface area is 154 Å². The van der Waals surface area contributed by atoms with Gasteiger partial charge in [-0.05, 0) is 56.2 Å². The van der Waals surface area contributed by atoms with Crippen LogP contribution in [0.1, 0.15) is 43.0 Å². The number of hydrogen-bond acceptors (Lipinski definition) is 3. The minimum atomic E-state index is -0.321. The van der Waals surface area contributed by atoms with Crippen LogP contribution in [0, 0.1) is 6.92 Å². The predicted octanol–water partition coefficient (Wildman–Crippen LogP) is 4.44. The number of hydrogen-bond donors (Lipinski definition) is 1. The Bertz CT molecular complexity index is 822. The molecule has 0 spiro atoms. The van der Waals surface area contributed by atoms with Gasteiger partial charge >= 0.3 is 0 Å². The Morgan fingerprint density at radius 3 is 2.65 bits per heavy atom. The zero-order valence-electron chi connectivity index (χ0n) is 15.7. The lowest BCUT2D eigenvalue weighted by Crippen LogP contribution is -2.40. The first kappa shape index (κ1) is 18.1. The SMILES string of the molecule is COc1ccc(/C=C/C(=O)NC2CC(C)(C)Oc3cc(C)ccc32)cc1. The molecule has 0 aromatic heterocycles. The number of rotatable bonds is 4. The molecule has 1 N–H and O–H groups in total. The standard InChI is InChI=1S/C22H25NO3/c1-15-5-11-18-19(14-22(2,3)26-20(18)13-15)23-21(24)12-8-16-6-9-17(25-4)10-7-16/h5-13,19H,14H2,1-4H3,(H,23,24)/b12-8+. The molecular formula is C22H25NO3. The quantitative estimate of drug-likeness (QED) is 0.829. The largest absolute Gasteiger partial charge is 0.497 e. The first-order valence-corrected chi connectivity index (χ1v) is 8.78. The van der Waals surface area contributed by atoms with Gasteiger partial charge in [-0.25, -0.2) is 0 Å². The number of amides is 1. The molecule has 1 unspecified atom stereocenters. The van der Waals surface area contributed by atoms with Gasteiger partial charge in [-0.3, -0.25) is 4.79 Å². The van der Waals surface area contributed by atoms with E-state index >= 15 is 0 Å². The first-order chi connectivity index (χ1) is 12.4. The van der Waals surface area contributed by atoms with Crippen molar-refractivity contribution in [2.45, 2.75) is 38.8 Å². The summed E-state index contributed by atoms with van der Waals surface area (Å²) in [5, 5.41) is 3.11. The topological polar surface area (TPSA) is 47.6 Å². The highest BCUT2D eigenvalue weighted by atomic mass is 16.5. The van der Waals surface area contributed by atoms with Gasteiger partial charge in [0, 0.05) is 18.1 Å². The van der Waals surface area contributed by atoms with E-state index in [1.54, 1.807) is 19.3 Å². The maximum absolute atomic E-state index is 12.4. The van der Waals surface area contributed by atoms with Gasteiger partial charge in [-0.15, -0.1) is 0 Å². The third kappa shape index (κ3) is 4.26. The number of fused-ring (bicyclic) bond motifs is 1. The van der Waals surface area contributed by atoms with Gasteiger partial charge < -0.3 is 14.8 Å². The van der Waals surface area contributed by atoms with Crippen molar-refractivity contribution in [3.05, 3.63) is 65.2 Å². The van der Waals surface area contributed by atoms with Gasteiger partial charge in [0.05, 0.1) is 13.2 Å². The van der Waals surface area contributed by atoms with E-state index < -0.39 is 0 Å². The van der Waals surface area contributed by atoms with Crippen molar-refractivity contribution in [1.29, 1.82) is 0 Å². The first-order valence-electron chi connectivity index (χ1n) is 8.78. The fourth-order valence-corrected chi connectivity index (χ4v) is 3.19. The summed E-state index contributed by atoms with van der Waals surface area (Å²) >= 11 is 0. The summed E-state index contributed by atoms with van der Waals surface area (Å²) in [5.41, 5.74) is 2.80. The highest BCUT2D eigenvalue weighted by Gasteiger charge is 2.34. The highest BCUT2D eigenvalue weighted by Crippen LogP contribution is 2.39. The highest BCUT2D eigenvalue weighted by molar-refractivity contribution is 5.92. The molecule has 2 aromatic rings. The molecule has 3 rings (SSSR count). The van der Waals surface area contributed by atoms with Crippen molar-refractivity contribution < 1.29 is 14.3 Å². The summed E-state index contributed by atoms with van der Waals surface area (Å²) < 4.78 is 11.2. The summed E-state index contributed by atoms with van der Waals surface area (Å²) in [6.07, 6.45) is 4.10. The van der Waals surface area contributed by atoms with E-state index in [4.69, 9.17) is 9.47 Å². The molecule has 0 radical (unpaired) electrons. The lowest BCUT2D eigenvalue weighted by molar-refractivity contribution is -0.117. The lowest BCUT2D eigenvalue weighted by Gasteiger charge is -2.38. The van der Waals surface area contributed by atoms with E-state index in [2.05, 4.69) is 5.32 Å². The van der Waals surface area contributed by atoms with Crippen LogP contribution in [0.25, 0.3) is 6.08 Å². The number of benzene rings is 2. The second-order valence-corrected chi connectivity index (χ2v) is 7.27. The summed E-state index contributed by atoms with van der Waals surface area (Å²) in [4.78, 5) is 12.4. The van der Waals surface area contributed by atoms with E-state index in [0.29, 0.717) is 0 Å². The number of nitrogens with one attached hydrogen (secondary N) is 1. The van der Waals surface area contributed by atoms with Gasteiger partial charge in [0.15, 0.2) is 0 Å². The monoisotopic (exact) mass is 351 g/mol. The molecule has 1 atom stereocenters. The van der Waals surface area contributed by atoms with Crippen LogP contribution in [0.2, 0.25) is 0 Å². The minimum absolute atomic E-state index is 0.0673. The number of ether oxygens (including phenoxy) is 2. The van der Waals surface area contributed by atoms with E-state index in [-0.39, 0.29) is 17.6 Å². The Kier molecular flexibility index (Phi) is 5.03. The van der Waals surface area contributed by atoms with E-state index in [9.17, 15) is 4.79 Å². The van der Waals surface area contributed by atoms with Crippen LogP contribution >= 0.6 is 0 Å². The molecule has 1 aliphatic heterocycles. The zero-order valence-corrected chi connectivity index (χ0v) is 15.7. The van der Waals surface area contributed by atoms with Crippen LogP contribution in [0.5, 0.6) is 11.5 Å². The minimum Gasteiger partial charge on any atom is -0.497 e. The fraction of sp³-hybridized carbons (Fsp3) is 0.318. The number of aryl methyl sites for hydroxylation is 1. The molecule has 136 valence electrons. The average molecular weight is 351 g/mol. The maximum atomic E-state index is 12.4. The Morgan fingerprint density at radius 2 is 1.96 bits per heavy atom. The Balaban J connectivity index is 1.73. The van der Waals surface area contributed by atoms with Gasteiger partial charge in [-0.1, -0.05) is 24.3 Å². The molecule has 4 heteroatoms. The van der Waals surface area contributed by atoms with Crippen molar-refractivity contribution in [2.24, 2.45) is 0 Å². The second kappa shape index (κ2) is 7.24. The third-order valence-electron chi connectivity index (χ3n) is 4.49. The van der Waals surface area contributed by atoms with Gasteiger partial charge in [0.1, 0.15) is 17.1 Å². The number of carbonyl (C=O) groups is 1. The molecule has 0 fully saturated rings. The molecular weight excluding hydrogens is 326 g/mol. The summed E-state index contributed by atoms with van der Waals surface area (Å²) in [6, 6.07) is 13.6. The molecule has 2 aromatic carbocycles. The van der Waals surface area contributed by atoms with Crippen molar-refractivity contribution in [1.82, 2.24) is 5.32 Å². The van der Waals surface area contributed by atoms with Crippen LogP contribution in [-0.2, 0) is 4.79 Å². The molecule has 1 aliphatic rings. The third-order valence-corrected chi connectivity index (χ3v) is 4.49. The van der Waals surface area contributed by atoms with Crippen molar-refractivity contribution in [3.8, 4) is 11.5 Å². The maximum Gasteiger partial charge on any atom is 0.244 e. The Hall–Kier alpha value is -2.75. The van der Waals surface area contributed by atoms with E-state index in [0.717, 1.165) is 34.6 Å². The van der Waals surface area contributed by atoms with Crippen LogP contribution in [0.3, 0.4) is 0 Å². The van der Waals surface area contributed by atoms with Crippen molar-refractivity contribution >= 4 is 12.0 Å². The smallest absolute Gasteiger partial charge is 0.244 e. The molecule has 0 bridgehead atoms. The van der Waals surface area contributed by atoms with E-state index in [1.807, 2.05) is 63.2 Å². The molecule has 0 saturated carbocycles. The van der Waals surface area contributed by atoms with Gasteiger partial charge in [-0.2, -0.15) is 0 Å². The van der Waals surface area contributed by atoms with Gasteiger partial charge in [0.25, 0.3) is 0 Å². The van der Waals surface area contributed by atoms with Crippen LogP contribution in [0.4, 0.5) is 0 Å². The molecule has 4 nitrogen and oxygen atoms in total. The summed E-state index contributed by atoms with van der Waals surface area (Å²) in [6.45, 7) is 6.13. The van der Waals surface area contributed by atoms with Crippen molar-refractivity contribution in [2.75, 3.05) is 7.11 Å². The van der Waals surface area contributed by atoms with Crippen molar-refractivity contribution in [3.63, 3.8) is 0 Å². The predicted molar refractivity (Wildman–Crippen MR) is 103 cm³/mol. The number of carbonyl (C=O) groups excluding carboxylic acids is 1. The van der Waals surface area contributed by atoms with Crippen LogP contribution in [0.15, 0.2) is 48.5 Å². The molecule has 1 heterocycles. The molecule has 26 heavy (non-hydrogen) atoms. The summed E-state index contributed by atoms with van der Waals surface area (Å²) in [5.74, 6) is 1.53. The normalized spacial score (nSPS) is 18.1. The lowest BCUT2D eigenvalue weighted by atomic mass is 9.89. The van der Waals surface area contributed by atoms with Gasteiger partial charge in [0.2, 0.25) is 5.91 Å². The van der Waals surface area contributed by atoms with Crippen LogP contribution < -0.4 is 14.8 Å². The van der Waals surface area contributed by atoms with Crippen LogP contribution in [-0.4, -0.2) is 18.6 Å². The number of methoxy groups -OCH3 is 1. The summed E-state index contributed by atoms with van der Waals surface area (Å²) in [7, 11) is 1.63. The zero-order chi connectivity index (χ0) is 18.7. The molecule has 0 saturated heterocycles. The molecule has 1 amide bonds.